The Morgan fingerprint density at radius 2 is 2.43 bits per heavy atom. The zero-order valence-corrected chi connectivity index (χ0v) is 7.99. The highest BCUT2D eigenvalue weighted by atomic mass is 16.5. The van der Waals surface area contributed by atoms with Crippen molar-refractivity contribution in [1.29, 1.82) is 0 Å². The average molecular weight is 195 g/mol. The smallest absolute Gasteiger partial charge is 0.131 e. The molecule has 0 fully saturated rings. The summed E-state index contributed by atoms with van der Waals surface area (Å²) in [5.41, 5.74) is 6.42. The molecule has 3 N–H and O–H groups in total. The summed E-state index contributed by atoms with van der Waals surface area (Å²) in [6.45, 7) is 2.86. The lowest BCUT2D eigenvalue weighted by Crippen LogP contribution is -2.10. The van der Waals surface area contributed by atoms with E-state index >= 15 is 0 Å². The third-order valence-corrected chi connectivity index (χ3v) is 2.19. The van der Waals surface area contributed by atoms with Gasteiger partial charge < -0.3 is 20.3 Å². The Balaban J connectivity index is 2.41. The van der Waals surface area contributed by atoms with E-state index in [9.17, 15) is 5.11 Å². The second-order valence-electron chi connectivity index (χ2n) is 3.20. The van der Waals surface area contributed by atoms with E-state index in [1.54, 1.807) is 12.1 Å². The van der Waals surface area contributed by atoms with Crippen LogP contribution in [0.3, 0.4) is 0 Å². The predicted octanol–water partition coefficient (Wildman–Crippen LogP) is 1.18. The van der Waals surface area contributed by atoms with Crippen LogP contribution in [0.15, 0.2) is 12.1 Å². The summed E-state index contributed by atoms with van der Waals surface area (Å²) in [7, 11) is 0. The van der Waals surface area contributed by atoms with E-state index in [1.807, 2.05) is 6.92 Å². The molecule has 1 heterocycles. The first-order chi connectivity index (χ1) is 6.72. The van der Waals surface area contributed by atoms with Gasteiger partial charge in [-0.15, -0.1) is 0 Å². The van der Waals surface area contributed by atoms with E-state index in [2.05, 4.69) is 0 Å². The van der Waals surface area contributed by atoms with E-state index in [4.69, 9.17) is 15.2 Å². The summed E-state index contributed by atoms with van der Waals surface area (Å²) >= 11 is 0. The molecule has 4 heteroatoms. The van der Waals surface area contributed by atoms with Crippen LogP contribution < -0.4 is 15.2 Å². The largest absolute Gasteiger partial charge is 0.507 e. The van der Waals surface area contributed by atoms with Crippen LogP contribution in [0.25, 0.3) is 0 Å². The van der Waals surface area contributed by atoms with E-state index in [0.717, 1.165) is 0 Å². The molecule has 0 spiro atoms. The predicted molar refractivity (Wildman–Crippen MR) is 51.7 cm³/mol. The van der Waals surface area contributed by atoms with Crippen molar-refractivity contribution in [3.63, 3.8) is 0 Å². The Kier molecular flexibility index (Phi) is 2.21. The molecule has 4 nitrogen and oxygen atoms in total. The van der Waals surface area contributed by atoms with Gasteiger partial charge in [-0.2, -0.15) is 0 Å². The van der Waals surface area contributed by atoms with Crippen LogP contribution in [0.2, 0.25) is 0 Å². The van der Waals surface area contributed by atoms with E-state index in [1.165, 1.54) is 0 Å². The van der Waals surface area contributed by atoms with Gasteiger partial charge in [-0.3, -0.25) is 0 Å². The molecule has 1 aliphatic heterocycles. The monoisotopic (exact) mass is 195 g/mol. The highest BCUT2D eigenvalue weighted by Crippen LogP contribution is 2.40. The van der Waals surface area contributed by atoms with Crippen LogP contribution in [0, 0.1) is 0 Å². The van der Waals surface area contributed by atoms with Crippen molar-refractivity contribution >= 4 is 0 Å². The van der Waals surface area contributed by atoms with Crippen LogP contribution in [-0.2, 0) is 0 Å². The molecule has 0 radical (unpaired) electrons. The van der Waals surface area contributed by atoms with Gasteiger partial charge in [0.15, 0.2) is 0 Å². The van der Waals surface area contributed by atoms with Crippen molar-refractivity contribution in [2.45, 2.75) is 13.0 Å². The maximum Gasteiger partial charge on any atom is 0.131 e. The molecule has 1 aliphatic rings. The standard InChI is InChI=1S/C10H13NO3/c1-2-13-6-3-8(12)10-7(11)5-14-9(10)4-6/h3-4,7,12H,2,5,11H2,1H3/t7-/m0/s1. The minimum Gasteiger partial charge on any atom is -0.507 e. The number of aromatic hydroxyl groups is 1. The Morgan fingerprint density at radius 1 is 1.64 bits per heavy atom. The van der Waals surface area contributed by atoms with Crippen molar-refractivity contribution in [3.8, 4) is 17.2 Å². The van der Waals surface area contributed by atoms with Gasteiger partial charge in [-0.05, 0) is 6.92 Å². The van der Waals surface area contributed by atoms with Crippen LogP contribution >= 0.6 is 0 Å². The SMILES string of the molecule is CCOc1cc(O)c2c(c1)OC[C@@H]2N. The van der Waals surface area contributed by atoms with Crippen molar-refractivity contribution in [3.05, 3.63) is 17.7 Å². The first-order valence-electron chi connectivity index (χ1n) is 4.60. The lowest BCUT2D eigenvalue weighted by atomic mass is 10.1. The molecular formula is C10H13NO3. The molecule has 0 saturated carbocycles. The number of phenols is 1. The molecule has 1 aromatic rings. The van der Waals surface area contributed by atoms with Crippen LogP contribution in [0.4, 0.5) is 0 Å². The van der Waals surface area contributed by atoms with Crippen molar-refractivity contribution in [2.24, 2.45) is 5.73 Å². The van der Waals surface area contributed by atoms with Gasteiger partial charge >= 0.3 is 0 Å². The van der Waals surface area contributed by atoms with Gasteiger partial charge in [0.1, 0.15) is 23.9 Å². The molecule has 1 atom stereocenters. The number of nitrogens with two attached hydrogens (primary N) is 1. The fourth-order valence-corrected chi connectivity index (χ4v) is 1.59. The zero-order valence-electron chi connectivity index (χ0n) is 7.99. The molecule has 0 saturated heterocycles. The minimum absolute atomic E-state index is 0.149. The summed E-state index contributed by atoms with van der Waals surface area (Å²) in [6.07, 6.45) is 0. The number of fused-ring (bicyclic) bond motifs is 1. The van der Waals surface area contributed by atoms with Crippen molar-refractivity contribution in [1.82, 2.24) is 0 Å². The van der Waals surface area contributed by atoms with E-state index in [-0.39, 0.29) is 11.8 Å². The molecule has 0 amide bonds. The number of benzene rings is 1. The number of ether oxygens (including phenoxy) is 2. The number of hydrogen-bond donors (Lipinski definition) is 2. The van der Waals surface area contributed by atoms with Gasteiger partial charge in [0.25, 0.3) is 0 Å². The van der Waals surface area contributed by atoms with Gasteiger partial charge in [0.2, 0.25) is 0 Å². The Hall–Kier alpha value is -1.42. The fraction of sp³-hybridized carbons (Fsp3) is 0.400. The Bertz CT molecular complexity index is 351. The minimum atomic E-state index is -0.235. The lowest BCUT2D eigenvalue weighted by Gasteiger charge is -2.08. The molecule has 0 aliphatic carbocycles. The Labute approximate surface area is 82.2 Å². The maximum atomic E-state index is 9.67. The lowest BCUT2D eigenvalue weighted by molar-refractivity contribution is 0.322. The molecule has 0 unspecified atom stereocenters. The highest BCUT2D eigenvalue weighted by molar-refractivity contribution is 5.53. The van der Waals surface area contributed by atoms with Crippen molar-refractivity contribution in [2.75, 3.05) is 13.2 Å². The zero-order chi connectivity index (χ0) is 10.1. The molecule has 1 aromatic carbocycles. The maximum absolute atomic E-state index is 9.67. The topological polar surface area (TPSA) is 64.7 Å². The molecular weight excluding hydrogens is 182 g/mol. The summed E-state index contributed by atoms with van der Waals surface area (Å²) in [4.78, 5) is 0. The third kappa shape index (κ3) is 1.37. The number of rotatable bonds is 2. The third-order valence-electron chi connectivity index (χ3n) is 2.19. The normalized spacial score (nSPS) is 18.9. The summed E-state index contributed by atoms with van der Waals surface area (Å²) < 4.78 is 10.6. The van der Waals surface area contributed by atoms with Gasteiger partial charge in [-0.1, -0.05) is 0 Å². The van der Waals surface area contributed by atoms with Crippen LogP contribution in [-0.4, -0.2) is 18.3 Å². The first kappa shape index (κ1) is 9.15. The van der Waals surface area contributed by atoms with Crippen LogP contribution in [0.1, 0.15) is 18.5 Å². The molecule has 0 aromatic heterocycles. The van der Waals surface area contributed by atoms with Crippen molar-refractivity contribution < 1.29 is 14.6 Å². The highest BCUT2D eigenvalue weighted by Gasteiger charge is 2.25. The number of phenolic OH excluding ortho intramolecular Hbond substituents is 1. The summed E-state index contributed by atoms with van der Waals surface area (Å²) in [5, 5.41) is 9.67. The molecule has 2 rings (SSSR count). The molecule has 14 heavy (non-hydrogen) atoms. The summed E-state index contributed by atoms with van der Waals surface area (Å²) in [5.74, 6) is 1.38. The Morgan fingerprint density at radius 3 is 3.14 bits per heavy atom. The van der Waals surface area contributed by atoms with Gasteiger partial charge in [0, 0.05) is 12.1 Å². The molecule has 76 valence electrons. The summed E-state index contributed by atoms with van der Waals surface area (Å²) in [6, 6.07) is 3.09. The second-order valence-corrected chi connectivity index (χ2v) is 3.20. The van der Waals surface area contributed by atoms with Crippen LogP contribution in [0.5, 0.6) is 17.2 Å². The van der Waals surface area contributed by atoms with E-state index < -0.39 is 0 Å². The van der Waals surface area contributed by atoms with E-state index in [0.29, 0.717) is 30.3 Å². The fourth-order valence-electron chi connectivity index (χ4n) is 1.59. The first-order valence-corrected chi connectivity index (χ1v) is 4.60. The second kappa shape index (κ2) is 3.38. The number of hydrogen-bond acceptors (Lipinski definition) is 4. The molecule has 0 bridgehead atoms. The van der Waals surface area contributed by atoms with Gasteiger partial charge in [0.05, 0.1) is 18.2 Å². The quantitative estimate of drug-likeness (QED) is 0.743. The van der Waals surface area contributed by atoms with Gasteiger partial charge in [-0.25, -0.2) is 0 Å². The average Bonchev–Trinajstić information content (AvgIpc) is 2.48.